The largest absolute Gasteiger partial charge is 0.459 e. The van der Waals surface area contributed by atoms with Gasteiger partial charge in [0.1, 0.15) is 12.4 Å². The van der Waals surface area contributed by atoms with Crippen LogP contribution in [0.5, 0.6) is 0 Å². The van der Waals surface area contributed by atoms with Crippen molar-refractivity contribution in [2.75, 3.05) is 13.1 Å². The normalized spacial score (nSPS) is 10.6. The maximum Gasteiger partial charge on any atom is 0.290 e. The number of benzene rings is 1. The maximum atomic E-state index is 13.3. The molecule has 0 radical (unpaired) electrons. The Kier molecular flexibility index (Phi) is 7.19. The molecule has 0 atom stereocenters. The number of carbonyl (C=O) groups excluding carboxylic acids is 2. The molecule has 2 heterocycles. The first-order chi connectivity index (χ1) is 14.5. The van der Waals surface area contributed by atoms with Crippen molar-refractivity contribution < 1.29 is 18.4 Å². The summed E-state index contributed by atoms with van der Waals surface area (Å²) >= 11 is 1.58. The van der Waals surface area contributed by atoms with E-state index in [0.717, 1.165) is 16.0 Å². The zero-order valence-electron chi connectivity index (χ0n) is 16.7. The Labute approximate surface area is 179 Å². The van der Waals surface area contributed by atoms with Gasteiger partial charge in [-0.3, -0.25) is 9.59 Å². The summed E-state index contributed by atoms with van der Waals surface area (Å²) in [5.74, 6) is -0.744. The summed E-state index contributed by atoms with van der Waals surface area (Å²) in [4.78, 5) is 30.0. The Morgan fingerprint density at radius 1 is 1.13 bits per heavy atom. The maximum absolute atomic E-state index is 13.3. The van der Waals surface area contributed by atoms with Gasteiger partial charge in [-0.2, -0.15) is 0 Å². The number of hydrogen-bond acceptors (Lipinski definition) is 4. The quantitative estimate of drug-likeness (QED) is 0.468. The van der Waals surface area contributed by atoms with E-state index >= 15 is 0 Å². The molecule has 0 fully saturated rings. The molecule has 0 aliphatic carbocycles. The zero-order chi connectivity index (χ0) is 21.5. The molecule has 0 saturated heterocycles. The lowest BCUT2D eigenvalue weighted by Gasteiger charge is -2.27. The van der Waals surface area contributed by atoms with Gasteiger partial charge in [0.25, 0.3) is 5.91 Å². The number of carbonyl (C=O) groups is 2. The van der Waals surface area contributed by atoms with E-state index in [9.17, 15) is 14.0 Å². The summed E-state index contributed by atoms with van der Waals surface area (Å²) < 4.78 is 18.5. The highest BCUT2D eigenvalue weighted by Gasteiger charge is 2.24. The number of furan rings is 1. The molecule has 156 valence electrons. The molecule has 2 aromatic heterocycles. The third-order valence-electron chi connectivity index (χ3n) is 4.64. The van der Waals surface area contributed by atoms with Crippen LogP contribution < -0.4 is 0 Å². The molecule has 7 heteroatoms. The fourth-order valence-electron chi connectivity index (χ4n) is 2.98. The van der Waals surface area contributed by atoms with Crippen molar-refractivity contribution in [2.24, 2.45) is 0 Å². The molecule has 0 unspecified atom stereocenters. The lowest BCUT2D eigenvalue weighted by Crippen LogP contribution is -2.42. The fraction of sp³-hybridized carbons (Fsp3) is 0.217. The minimum Gasteiger partial charge on any atom is -0.459 e. The van der Waals surface area contributed by atoms with Crippen molar-refractivity contribution in [1.29, 1.82) is 0 Å². The van der Waals surface area contributed by atoms with Gasteiger partial charge >= 0.3 is 0 Å². The van der Waals surface area contributed by atoms with Crippen LogP contribution >= 0.6 is 11.3 Å². The number of hydrogen-bond donors (Lipinski definition) is 0. The van der Waals surface area contributed by atoms with Crippen molar-refractivity contribution in [1.82, 2.24) is 9.80 Å². The predicted octanol–water partition coefficient (Wildman–Crippen LogP) is 4.65. The first-order valence-corrected chi connectivity index (χ1v) is 10.3. The van der Waals surface area contributed by atoms with E-state index in [-0.39, 0.29) is 36.5 Å². The second kappa shape index (κ2) is 10.0. The van der Waals surface area contributed by atoms with Gasteiger partial charge in [-0.1, -0.05) is 18.2 Å². The molecular weight excluding hydrogens is 403 g/mol. The number of rotatable bonds is 9. The van der Waals surface area contributed by atoms with Crippen LogP contribution in [-0.2, 0) is 17.9 Å². The molecule has 30 heavy (non-hydrogen) atoms. The van der Waals surface area contributed by atoms with Crippen molar-refractivity contribution in [3.05, 3.63) is 94.3 Å². The number of thiophene rings is 1. The van der Waals surface area contributed by atoms with Gasteiger partial charge in [-0.15, -0.1) is 17.9 Å². The summed E-state index contributed by atoms with van der Waals surface area (Å²) in [6.07, 6.45) is 2.99. The van der Waals surface area contributed by atoms with Crippen LogP contribution in [0.15, 0.2) is 71.2 Å². The molecule has 5 nitrogen and oxygen atoms in total. The van der Waals surface area contributed by atoms with Crippen LogP contribution in [0.25, 0.3) is 0 Å². The average Bonchev–Trinajstić information content (AvgIpc) is 3.40. The highest BCUT2D eigenvalue weighted by molar-refractivity contribution is 7.10. The van der Waals surface area contributed by atoms with Gasteiger partial charge in [-0.25, -0.2) is 4.39 Å². The molecule has 0 aliphatic rings. The monoisotopic (exact) mass is 426 g/mol. The minimum absolute atomic E-state index is 0.114. The highest BCUT2D eigenvalue weighted by atomic mass is 32.1. The van der Waals surface area contributed by atoms with Crippen molar-refractivity contribution in [3.8, 4) is 0 Å². The Morgan fingerprint density at radius 2 is 1.90 bits per heavy atom. The molecule has 0 bridgehead atoms. The molecule has 0 spiro atoms. The van der Waals surface area contributed by atoms with Crippen LogP contribution in [0.4, 0.5) is 4.39 Å². The highest BCUT2D eigenvalue weighted by Crippen LogP contribution is 2.20. The van der Waals surface area contributed by atoms with Crippen LogP contribution in [0.1, 0.15) is 26.6 Å². The average molecular weight is 427 g/mol. The second-order valence-corrected chi connectivity index (χ2v) is 7.86. The van der Waals surface area contributed by atoms with Gasteiger partial charge in [0.15, 0.2) is 5.76 Å². The Morgan fingerprint density at radius 3 is 2.50 bits per heavy atom. The van der Waals surface area contributed by atoms with Gasteiger partial charge in [0, 0.05) is 18.0 Å². The third-order valence-corrected chi connectivity index (χ3v) is 5.64. The topological polar surface area (TPSA) is 53.8 Å². The summed E-state index contributed by atoms with van der Waals surface area (Å²) in [7, 11) is 0. The molecule has 3 aromatic rings. The summed E-state index contributed by atoms with van der Waals surface area (Å²) in [6.45, 7) is 6.51. The molecule has 2 amide bonds. The lowest BCUT2D eigenvalue weighted by atomic mass is 10.2. The third kappa shape index (κ3) is 5.45. The van der Waals surface area contributed by atoms with E-state index < -0.39 is 0 Å². The van der Waals surface area contributed by atoms with Crippen molar-refractivity contribution in [3.63, 3.8) is 0 Å². The molecule has 0 saturated carbocycles. The standard InChI is InChI=1S/C23H23FN2O3S/c1-3-11-25(23(28)20-5-4-12-29-20)16-22(27)26(15-21-17(2)10-13-30-21)14-18-6-8-19(24)9-7-18/h3-10,12-13H,1,11,14-16H2,2H3. The van der Waals surface area contributed by atoms with E-state index in [4.69, 9.17) is 4.42 Å². The Hall–Kier alpha value is -3.19. The number of amides is 2. The van der Waals surface area contributed by atoms with E-state index in [0.29, 0.717) is 13.1 Å². The van der Waals surface area contributed by atoms with E-state index in [1.54, 1.807) is 46.6 Å². The second-order valence-electron chi connectivity index (χ2n) is 6.85. The number of halogens is 1. The van der Waals surface area contributed by atoms with Gasteiger partial charge < -0.3 is 14.2 Å². The smallest absolute Gasteiger partial charge is 0.290 e. The van der Waals surface area contributed by atoms with Crippen molar-refractivity contribution >= 4 is 23.2 Å². The van der Waals surface area contributed by atoms with E-state index in [1.807, 2.05) is 18.4 Å². The fourth-order valence-corrected chi connectivity index (χ4v) is 3.90. The lowest BCUT2D eigenvalue weighted by molar-refractivity contribution is -0.133. The first-order valence-electron chi connectivity index (χ1n) is 9.46. The molecule has 0 aliphatic heterocycles. The van der Waals surface area contributed by atoms with Gasteiger partial charge in [-0.05, 0) is 53.8 Å². The summed E-state index contributed by atoms with van der Waals surface area (Å²) in [5.41, 5.74) is 1.91. The van der Waals surface area contributed by atoms with E-state index in [2.05, 4.69) is 6.58 Å². The van der Waals surface area contributed by atoms with Crippen molar-refractivity contribution in [2.45, 2.75) is 20.0 Å². The Bertz CT molecular complexity index is 996. The Balaban J connectivity index is 1.80. The molecule has 3 rings (SSSR count). The number of aryl methyl sites for hydroxylation is 1. The number of nitrogens with zero attached hydrogens (tertiary/aromatic N) is 2. The summed E-state index contributed by atoms with van der Waals surface area (Å²) in [5, 5.41) is 1.98. The van der Waals surface area contributed by atoms with Crippen LogP contribution in [0, 0.1) is 12.7 Å². The van der Waals surface area contributed by atoms with Crippen LogP contribution in [0.2, 0.25) is 0 Å². The molecule has 1 aromatic carbocycles. The first kappa shape index (κ1) is 21.5. The van der Waals surface area contributed by atoms with E-state index in [1.165, 1.54) is 23.3 Å². The minimum atomic E-state index is -0.373. The van der Waals surface area contributed by atoms with Crippen LogP contribution in [0.3, 0.4) is 0 Å². The zero-order valence-corrected chi connectivity index (χ0v) is 17.5. The SMILES string of the molecule is C=CCN(CC(=O)N(Cc1ccc(F)cc1)Cc1sccc1C)C(=O)c1ccco1. The molecule has 0 N–H and O–H groups in total. The summed E-state index contributed by atoms with van der Waals surface area (Å²) in [6, 6.07) is 11.3. The predicted molar refractivity (Wildman–Crippen MR) is 115 cm³/mol. The molecular formula is C23H23FN2O3S. The van der Waals surface area contributed by atoms with Gasteiger partial charge in [0.2, 0.25) is 5.91 Å². The van der Waals surface area contributed by atoms with Crippen LogP contribution in [-0.4, -0.2) is 34.7 Å². The van der Waals surface area contributed by atoms with Gasteiger partial charge in [0.05, 0.1) is 12.8 Å².